The molecular formula is C18H23ClN4OS. The van der Waals surface area contributed by atoms with Gasteiger partial charge in [0.15, 0.2) is 0 Å². The first-order chi connectivity index (χ1) is 12.2. The molecule has 0 radical (unpaired) electrons. The van der Waals surface area contributed by atoms with E-state index in [1.165, 1.54) is 4.90 Å². The van der Waals surface area contributed by atoms with Gasteiger partial charge in [-0.15, -0.1) is 11.8 Å². The van der Waals surface area contributed by atoms with Gasteiger partial charge in [0.2, 0.25) is 0 Å². The highest BCUT2D eigenvalue weighted by atomic mass is 35.5. The number of carbonyl (C=O) groups excluding carboxylic acids is 1. The van der Waals surface area contributed by atoms with Crippen LogP contribution in [0, 0.1) is 5.92 Å². The number of nitrogens with zero attached hydrogens (tertiary/aromatic N) is 3. The largest absolute Gasteiger partial charge is 0.337 e. The molecule has 5 nitrogen and oxygen atoms in total. The zero-order chi connectivity index (χ0) is 17.5. The average molecular weight is 379 g/mol. The van der Waals surface area contributed by atoms with Crippen LogP contribution in [0.4, 0.5) is 4.79 Å². The maximum absolute atomic E-state index is 12.3. The fourth-order valence-corrected chi connectivity index (χ4v) is 3.88. The van der Waals surface area contributed by atoms with Crippen molar-refractivity contribution in [2.24, 2.45) is 5.92 Å². The van der Waals surface area contributed by atoms with Gasteiger partial charge in [-0.3, -0.25) is 0 Å². The Kier molecular flexibility index (Phi) is 6.64. The summed E-state index contributed by atoms with van der Waals surface area (Å²) in [5.41, 5.74) is 0. The number of imidazole rings is 1. The lowest BCUT2D eigenvalue weighted by Gasteiger charge is -2.32. The molecule has 1 N–H and O–H groups in total. The Bertz CT molecular complexity index is 654. The summed E-state index contributed by atoms with van der Waals surface area (Å²) in [4.78, 5) is 19.4. The molecule has 1 aliphatic heterocycles. The fraction of sp³-hybridized carbons (Fsp3) is 0.444. The Labute approximate surface area is 157 Å². The number of rotatable bonds is 6. The predicted molar refractivity (Wildman–Crippen MR) is 102 cm³/mol. The molecule has 0 bridgehead atoms. The maximum atomic E-state index is 12.3. The molecule has 1 saturated heterocycles. The van der Waals surface area contributed by atoms with E-state index in [2.05, 4.69) is 14.9 Å². The molecule has 1 fully saturated rings. The summed E-state index contributed by atoms with van der Waals surface area (Å²) in [6, 6.07) is 7.82. The van der Waals surface area contributed by atoms with Crippen molar-refractivity contribution < 1.29 is 4.79 Å². The molecule has 7 heteroatoms. The van der Waals surface area contributed by atoms with E-state index in [4.69, 9.17) is 11.6 Å². The van der Waals surface area contributed by atoms with Gasteiger partial charge in [-0.05, 0) is 43.0 Å². The van der Waals surface area contributed by atoms with Crippen LogP contribution in [0.2, 0.25) is 5.02 Å². The van der Waals surface area contributed by atoms with Crippen LogP contribution < -0.4 is 5.32 Å². The summed E-state index contributed by atoms with van der Waals surface area (Å²) < 4.78 is 2.12. The number of hydrogen-bond donors (Lipinski definition) is 1. The number of piperidine rings is 1. The summed E-state index contributed by atoms with van der Waals surface area (Å²) in [7, 11) is 0. The Hall–Kier alpha value is -1.66. The van der Waals surface area contributed by atoms with Gasteiger partial charge in [0.05, 0.1) is 6.33 Å². The van der Waals surface area contributed by atoms with Crippen LogP contribution >= 0.6 is 23.4 Å². The molecule has 3 rings (SSSR count). The minimum Gasteiger partial charge on any atom is -0.337 e. The summed E-state index contributed by atoms with van der Waals surface area (Å²) >= 11 is 7.59. The highest BCUT2D eigenvalue weighted by Crippen LogP contribution is 2.20. The van der Waals surface area contributed by atoms with E-state index in [-0.39, 0.29) is 6.03 Å². The Morgan fingerprint density at radius 3 is 2.72 bits per heavy atom. The minimum atomic E-state index is 0.0535. The van der Waals surface area contributed by atoms with Crippen molar-refractivity contribution in [3.05, 3.63) is 48.0 Å². The third kappa shape index (κ3) is 5.68. The lowest BCUT2D eigenvalue weighted by atomic mass is 9.97. The van der Waals surface area contributed by atoms with Crippen LogP contribution in [0.3, 0.4) is 0 Å². The monoisotopic (exact) mass is 378 g/mol. The van der Waals surface area contributed by atoms with E-state index < -0.39 is 0 Å². The van der Waals surface area contributed by atoms with Crippen molar-refractivity contribution >= 4 is 29.4 Å². The molecule has 2 aromatic rings. The fourth-order valence-electron chi connectivity index (χ4n) is 2.98. The second-order valence-corrected chi connectivity index (χ2v) is 7.83. The zero-order valence-electron chi connectivity index (χ0n) is 14.1. The smallest absolute Gasteiger partial charge is 0.317 e. The van der Waals surface area contributed by atoms with Gasteiger partial charge >= 0.3 is 6.03 Å². The zero-order valence-corrected chi connectivity index (χ0v) is 15.7. The third-order valence-corrected chi connectivity index (χ3v) is 5.66. The van der Waals surface area contributed by atoms with Crippen LogP contribution in [-0.4, -0.2) is 45.9 Å². The molecule has 1 aromatic carbocycles. The van der Waals surface area contributed by atoms with Gasteiger partial charge in [-0.25, -0.2) is 9.78 Å². The number of benzene rings is 1. The molecule has 1 aliphatic rings. The van der Waals surface area contributed by atoms with Crippen molar-refractivity contribution in [3.8, 4) is 0 Å². The van der Waals surface area contributed by atoms with Crippen LogP contribution in [0.15, 0.2) is 47.9 Å². The molecule has 0 atom stereocenters. The van der Waals surface area contributed by atoms with Crippen LogP contribution in [-0.2, 0) is 6.54 Å². The number of amides is 2. The first kappa shape index (κ1) is 18.1. The highest BCUT2D eigenvalue weighted by molar-refractivity contribution is 7.99. The van der Waals surface area contributed by atoms with Gasteiger partial charge in [-0.1, -0.05) is 11.6 Å². The molecule has 2 heterocycles. The van der Waals surface area contributed by atoms with E-state index in [9.17, 15) is 4.79 Å². The molecule has 0 aliphatic carbocycles. The van der Waals surface area contributed by atoms with E-state index >= 15 is 0 Å². The number of halogens is 1. The normalized spacial score (nSPS) is 15.3. The summed E-state index contributed by atoms with van der Waals surface area (Å²) in [6.45, 7) is 3.32. The average Bonchev–Trinajstić information content (AvgIpc) is 3.14. The SMILES string of the molecule is O=C(NCCSc1ccc(Cl)cc1)N1CCC(Cn2ccnc2)CC1. The van der Waals surface area contributed by atoms with Crippen molar-refractivity contribution in [2.75, 3.05) is 25.4 Å². The molecule has 0 saturated carbocycles. The van der Waals surface area contributed by atoms with Crippen LogP contribution in [0.5, 0.6) is 0 Å². The van der Waals surface area contributed by atoms with Gasteiger partial charge < -0.3 is 14.8 Å². The topological polar surface area (TPSA) is 50.2 Å². The van der Waals surface area contributed by atoms with Crippen molar-refractivity contribution in [3.63, 3.8) is 0 Å². The number of urea groups is 1. The highest BCUT2D eigenvalue weighted by Gasteiger charge is 2.22. The van der Waals surface area contributed by atoms with Crippen LogP contribution in [0.25, 0.3) is 0 Å². The predicted octanol–water partition coefficient (Wildman–Crippen LogP) is 3.75. The molecule has 1 aromatic heterocycles. The maximum Gasteiger partial charge on any atom is 0.317 e. The summed E-state index contributed by atoms with van der Waals surface area (Å²) in [6.07, 6.45) is 7.76. The van der Waals surface area contributed by atoms with E-state index in [0.29, 0.717) is 12.5 Å². The van der Waals surface area contributed by atoms with Crippen molar-refractivity contribution in [1.82, 2.24) is 19.8 Å². The molecule has 0 unspecified atom stereocenters. The van der Waals surface area contributed by atoms with E-state index in [0.717, 1.165) is 43.3 Å². The molecule has 134 valence electrons. The van der Waals surface area contributed by atoms with E-state index in [1.54, 1.807) is 11.8 Å². The Balaban J connectivity index is 1.32. The first-order valence-electron chi connectivity index (χ1n) is 8.57. The van der Waals surface area contributed by atoms with Gasteiger partial charge in [-0.2, -0.15) is 0 Å². The summed E-state index contributed by atoms with van der Waals surface area (Å²) in [5, 5.41) is 3.76. The second-order valence-electron chi connectivity index (χ2n) is 6.22. The number of hydrogen-bond acceptors (Lipinski definition) is 3. The van der Waals surface area contributed by atoms with E-state index in [1.807, 2.05) is 47.9 Å². The number of likely N-dealkylation sites (tertiary alicyclic amines) is 1. The number of carbonyl (C=O) groups is 1. The molecule has 2 amide bonds. The molecule has 0 spiro atoms. The minimum absolute atomic E-state index is 0.0535. The number of nitrogens with one attached hydrogen (secondary N) is 1. The van der Waals surface area contributed by atoms with Crippen molar-refractivity contribution in [1.29, 1.82) is 0 Å². The van der Waals surface area contributed by atoms with Crippen molar-refractivity contribution in [2.45, 2.75) is 24.3 Å². The first-order valence-corrected chi connectivity index (χ1v) is 9.94. The second kappa shape index (κ2) is 9.15. The standard InChI is InChI=1S/C18H23ClN4OS/c19-16-1-3-17(4-2-16)25-12-8-21-18(24)23-9-5-15(6-10-23)13-22-11-7-20-14-22/h1-4,7,11,14-15H,5-6,8-10,12-13H2,(H,21,24). The van der Waals surface area contributed by atoms with Gasteiger partial charge in [0, 0.05) is 54.2 Å². The Morgan fingerprint density at radius 2 is 2.04 bits per heavy atom. The summed E-state index contributed by atoms with van der Waals surface area (Å²) in [5.74, 6) is 1.48. The number of thioether (sulfide) groups is 1. The van der Waals surface area contributed by atoms with Gasteiger partial charge in [0.25, 0.3) is 0 Å². The molecule has 25 heavy (non-hydrogen) atoms. The Morgan fingerprint density at radius 1 is 1.28 bits per heavy atom. The third-order valence-electron chi connectivity index (χ3n) is 4.39. The quantitative estimate of drug-likeness (QED) is 0.615. The number of aromatic nitrogens is 2. The van der Waals surface area contributed by atoms with Crippen LogP contribution in [0.1, 0.15) is 12.8 Å². The lowest BCUT2D eigenvalue weighted by molar-refractivity contribution is 0.166. The molecular weight excluding hydrogens is 356 g/mol. The van der Waals surface area contributed by atoms with Gasteiger partial charge in [0.1, 0.15) is 0 Å². The lowest BCUT2D eigenvalue weighted by Crippen LogP contribution is -2.45.